The molecule has 5 heteroatoms. The zero-order chi connectivity index (χ0) is 13.3. The molecule has 1 aromatic carbocycles. The smallest absolute Gasteiger partial charge is 0.183 e. The third kappa shape index (κ3) is 2.93. The summed E-state index contributed by atoms with van der Waals surface area (Å²) in [5.74, 6) is 0. The topological polar surface area (TPSA) is 24.9 Å². The number of hydrogen-bond acceptors (Lipinski definition) is 4. The fourth-order valence-corrected chi connectivity index (χ4v) is 5.01. The average Bonchev–Trinajstić information content (AvgIpc) is 3.02. The molecule has 1 saturated carbocycles. The van der Waals surface area contributed by atoms with Crippen LogP contribution in [0.5, 0.6) is 0 Å². The summed E-state index contributed by atoms with van der Waals surface area (Å²) in [6.45, 7) is 1.04. The van der Waals surface area contributed by atoms with Gasteiger partial charge in [-0.25, -0.2) is 4.98 Å². The molecule has 1 aliphatic carbocycles. The Morgan fingerprint density at radius 1 is 1.42 bits per heavy atom. The quantitative estimate of drug-likeness (QED) is 0.819. The van der Waals surface area contributed by atoms with E-state index >= 15 is 0 Å². The van der Waals surface area contributed by atoms with Gasteiger partial charge in [-0.1, -0.05) is 40.1 Å². The molecule has 3 rings (SSSR count). The first kappa shape index (κ1) is 13.7. The minimum Gasteiger partial charge on any atom is -0.360 e. The van der Waals surface area contributed by atoms with Crippen LogP contribution in [-0.2, 0) is 0 Å². The number of thioether (sulfide) groups is 1. The maximum atomic E-state index is 4.66. The van der Waals surface area contributed by atoms with Gasteiger partial charge in [-0.2, -0.15) is 11.8 Å². The lowest BCUT2D eigenvalue weighted by atomic mass is 10.1. The molecule has 1 aromatic heterocycles. The number of benzene rings is 1. The first-order chi connectivity index (χ1) is 9.21. The van der Waals surface area contributed by atoms with Crippen LogP contribution < -0.4 is 5.32 Å². The van der Waals surface area contributed by atoms with Gasteiger partial charge in [-0.15, -0.1) is 0 Å². The zero-order valence-electron chi connectivity index (χ0n) is 10.9. The minimum absolute atomic E-state index is 0.429. The van der Waals surface area contributed by atoms with Crippen molar-refractivity contribution in [1.82, 2.24) is 4.98 Å². The van der Waals surface area contributed by atoms with Gasteiger partial charge in [0.25, 0.3) is 0 Å². The van der Waals surface area contributed by atoms with Crippen LogP contribution in [0.2, 0.25) is 0 Å². The third-order valence-corrected chi connectivity index (χ3v) is 6.75. The molecule has 1 fully saturated rings. The Bertz CT molecular complexity index is 576. The Hall–Kier alpha value is -0.260. The molecule has 2 aromatic rings. The second kappa shape index (κ2) is 5.62. The van der Waals surface area contributed by atoms with E-state index in [0.717, 1.165) is 21.7 Å². The Kier molecular flexibility index (Phi) is 4.06. The van der Waals surface area contributed by atoms with Crippen LogP contribution in [0.3, 0.4) is 0 Å². The van der Waals surface area contributed by atoms with Crippen LogP contribution in [-0.4, -0.2) is 22.5 Å². The number of nitrogens with one attached hydrogen (secondary N) is 1. The summed E-state index contributed by atoms with van der Waals surface area (Å²) in [4.78, 5) is 4.66. The van der Waals surface area contributed by atoms with Crippen molar-refractivity contribution in [2.75, 3.05) is 18.1 Å². The Morgan fingerprint density at radius 3 is 2.95 bits per heavy atom. The standard InChI is InChI=1S/C14H17BrN2S2/c1-18-14(6-2-3-7-14)9-16-13-17-11-5-4-10(15)8-12(11)19-13/h4-5,8H,2-3,6-7,9H2,1H3,(H,16,17). The van der Waals surface area contributed by atoms with Gasteiger partial charge in [0.1, 0.15) is 0 Å². The fourth-order valence-electron chi connectivity index (χ4n) is 2.68. The zero-order valence-corrected chi connectivity index (χ0v) is 14.1. The van der Waals surface area contributed by atoms with E-state index in [1.54, 1.807) is 11.3 Å². The number of fused-ring (bicyclic) bond motifs is 1. The average molecular weight is 357 g/mol. The molecule has 0 aliphatic heterocycles. The highest BCUT2D eigenvalue weighted by Crippen LogP contribution is 2.40. The molecular weight excluding hydrogens is 340 g/mol. The van der Waals surface area contributed by atoms with Crippen molar-refractivity contribution in [1.29, 1.82) is 0 Å². The van der Waals surface area contributed by atoms with Crippen molar-refractivity contribution in [3.05, 3.63) is 22.7 Å². The summed E-state index contributed by atoms with van der Waals surface area (Å²) >= 11 is 7.27. The first-order valence-corrected chi connectivity index (χ1v) is 9.39. The van der Waals surface area contributed by atoms with Crippen molar-refractivity contribution in [2.24, 2.45) is 0 Å². The largest absolute Gasteiger partial charge is 0.360 e. The number of halogens is 1. The van der Waals surface area contributed by atoms with Gasteiger partial charge in [-0.05, 0) is 37.3 Å². The van der Waals surface area contributed by atoms with Gasteiger partial charge < -0.3 is 5.32 Å². The van der Waals surface area contributed by atoms with Crippen LogP contribution >= 0.6 is 39.0 Å². The van der Waals surface area contributed by atoms with E-state index in [1.807, 2.05) is 17.8 Å². The summed E-state index contributed by atoms with van der Waals surface area (Å²) in [6, 6.07) is 6.26. The van der Waals surface area contributed by atoms with Crippen molar-refractivity contribution in [3.63, 3.8) is 0 Å². The first-order valence-electron chi connectivity index (χ1n) is 6.56. The second-order valence-corrected chi connectivity index (χ2v) is 8.30. The molecule has 1 N–H and O–H groups in total. The molecule has 0 amide bonds. The summed E-state index contributed by atoms with van der Waals surface area (Å²) in [7, 11) is 0. The van der Waals surface area contributed by atoms with E-state index in [0.29, 0.717) is 4.75 Å². The van der Waals surface area contributed by atoms with Gasteiger partial charge in [0.15, 0.2) is 5.13 Å². The van der Waals surface area contributed by atoms with Crippen LogP contribution in [0.1, 0.15) is 25.7 Å². The van der Waals surface area contributed by atoms with E-state index in [2.05, 4.69) is 44.6 Å². The normalized spacial score (nSPS) is 18.0. The predicted octanol–water partition coefficient (Wildman–Crippen LogP) is 5.15. The fraction of sp³-hybridized carbons (Fsp3) is 0.500. The van der Waals surface area contributed by atoms with E-state index in [-0.39, 0.29) is 0 Å². The number of nitrogens with zero attached hydrogens (tertiary/aromatic N) is 1. The summed E-state index contributed by atoms with van der Waals surface area (Å²) in [5, 5.41) is 4.61. The van der Waals surface area contributed by atoms with Crippen LogP contribution in [0, 0.1) is 0 Å². The SMILES string of the molecule is CSC1(CNc2nc3ccc(Br)cc3s2)CCCC1. The molecule has 19 heavy (non-hydrogen) atoms. The third-order valence-electron chi connectivity index (χ3n) is 3.86. The van der Waals surface area contributed by atoms with E-state index < -0.39 is 0 Å². The van der Waals surface area contributed by atoms with Gasteiger partial charge in [-0.3, -0.25) is 0 Å². The molecule has 2 nitrogen and oxygen atoms in total. The minimum atomic E-state index is 0.429. The maximum Gasteiger partial charge on any atom is 0.183 e. The predicted molar refractivity (Wildman–Crippen MR) is 90.5 cm³/mol. The van der Waals surface area contributed by atoms with Crippen LogP contribution in [0.15, 0.2) is 22.7 Å². The van der Waals surface area contributed by atoms with Gasteiger partial charge in [0.2, 0.25) is 0 Å². The summed E-state index contributed by atoms with van der Waals surface area (Å²) in [6.07, 6.45) is 7.64. The number of anilines is 1. The molecule has 0 spiro atoms. The molecule has 102 valence electrons. The maximum absolute atomic E-state index is 4.66. The van der Waals surface area contributed by atoms with Gasteiger partial charge in [0.05, 0.1) is 10.2 Å². The van der Waals surface area contributed by atoms with Crippen molar-refractivity contribution in [2.45, 2.75) is 30.4 Å². The van der Waals surface area contributed by atoms with E-state index in [1.165, 1.54) is 30.4 Å². The van der Waals surface area contributed by atoms with Gasteiger partial charge in [0, 0.05) is 15.8 Å². The molecule has 0 saturated heterocycles. The summed E-state index contributed by atoms with van der Waals surface area (Å²) in [5.41, 5.74) is 1.08. The Balaban J connectivity index is 1.74. The number of rotatable bonds is 4. The van der Waals surface area contributed by atoms with Crippen molar-refractivity contribution < 1.29 is 0 Å². The van der Waals surface area contributed by atoms with Gasteiger partial charge >= 0.3 is 0 Å². The monoisotopic (exact) mass is 356 g/mol. The Morgan fingerprint density at radius 2 is 2.21 bits per heavy atom. The van der Waals surface area contributed by atoms with E-state index in [9.17, 15) is 0 Å². The molecule has 0 radical (unpaired) electrons. The highest BCUT2D eigenvalue weighted by molar-refractivity contribution is 9.10. The van der Waals surface area contributed by atoms with Crippen LogP contribution in [0.25, 0.3) is 10.2 Å². The number of aromatic nitrogens is 1. The lowest BCUT2D eigenvalue weighted by molar-refractivity contribution is 0.640. The van der Waals surface area contributed by atoms with E-state index in [4.69, 9.17) is 0 Å². The molecule has 0 unspecified atom stereocenters. The number of thiazole rings is 1. The molecule has 1 aliphatic rings. The lowest BCUT2D eigenvalue weighted by Gasteiger charge is -2.26. The highest BCUT2D eigenvalue weighted by Gasteiger charge is 2.32. The molecule has 0 atom stereocenters. The Labute approximate surface area is 130 Å². The molecular formula is C14H17BrN2S2. The highest BCUT2D eigenvalue weighted by atomic mass is 79.9. The number of hydrogen-bond donors (Lipinski definition) is 1. The second-order valence-electron chi connectivity index (χ2n) is 5.08. The van der Waals surface area contributed by atoms with Crippen LogP contribution in [0.4, 0.5) is 5.13 Å². The summed E-state index contributed by atoms with van der Waals surface area (Å²) < 4.78 is 2.78. The molecule has 1 heterocycles. The molecule has 0 bridgehead atoms. The van der Waals surface area contributed by atoms with Crippen molar-refractivity contribution >= 4 is 54.4 Å². The lowest BCUT2D eigenvalue weighted by Crippen LogP contribution is -2.29. The van der Waals surface area contributed by atoms with Crippen molar-refractivity contribution in [3.8, 4) is 0 Å².